The van der Waals surface area contributed by atoms with Gasteiger partial charge in [-0.25, -0.2) is 0 Å². The Morgan fingerprint density at radius 1 is 1.00 bits per heavy atom. The van der Waals surface area contributed by atoms with Crippen molar-refractivity contribution in [2.45, 2.75) is 45.8 Å². The van der Waals surface area contributed by atoms with Crippen LogP contribution in [0.2, 0.25) is 0 Å². The molecule has 0 heterocycles. The topological polar surface area (TPSA) is 58.6 Å². The van der Waals surface area contributed by atoms with E-state index < -0.39 is 6.04 Å². The highest BCUT2D eigenvalue weighted by Crippen LogP contribution is 2.33. The summed E-state index contributed by atoms with van der Waals surface area (Å²) < 4.78 is 6.69. The number of nitrogens with one attached hydrogen (secondary N) is 1. The fourth-order valence-electron chi connectivity index (χ4n) is 3.38. The second kappa shape index (κ2) is 11.1. The zero-order valence-electron chi connectivity index (χ0n) is 18.7. The highest BCUT2D eigenvalue weighted by atomic mass is 79.9. The molecule has 0 aromatic heterocycles. The molecular weight excluding hydrogens is 468 g/mol. The molecule has 0 saturated carbocycles. The first-order valence-electron chi connectivity index (χ1n) is 10.8. The van der Waals surface area contributed by atoms with Crippen LogP contribution in [-0.4, -0.2) is 35.4 Å². The average Bonchev–Trinajstić information content (AvgIpc) is 2.82. The Bertz CT molecular complexity index is 1070. The van der Waals surface area contributed by atoms with Crippen LogP contribution in [0.3, 0.4) is 0 Å². The minimum Gasteiger partial charge on any atom is -0.483 e. The van der Waals surface area contributed by atoms with Crippen molar-refractivity contribution in [2.24, 2.45) is 0 Å². The van der Waals surface area contributed by atoms with Gasteiger partial charge in [0.15, 0.2) is 6.61 Å². The number of nitrogens with zero attached hydrogens (tertiary/aromatic N) is 1. The molecule has 0 aliphatic carbocycles. The van der Waals surface area contributed by atoms with Crippen LogP contribution in [0.15, 0.2) is 71.2 Å². The van der Waals surface area contributed by atoms with Crippen molar-refractivity contribution in [2.75, 3.05) is 6.61 Å². The lowest BCUT2D eigenvalue weighted by atomic mass is 10.1. The minimum atomic E-state index is -0.625. The SMILES string of the molecule is CC[C@H](C)NC(=O)[C@H](C)N(Cc1ccccc1)C(=O)COc1ccc2ccccc2c1Br. The summed E-state index contributed by atoms with van der Waals surface area (Å²) in [5.41, 5.74) is 0.955. The number of carbonyl (C=O) groups is 2. The number of fused-ring (bicyclic) bond motifs is 1. The largest absolute Gasteiger partial charge is 0.483 e. The van der Waals surface area contributed by atoms with E-state index in [0.717, 1.165) is 27.2 Å². The Balaban J connectivity index is 1.77. The fraction of sp³-hybridized carbons (Fsp3) is 0.308. The molecule has 0 aliphatic heterocycles. The van der Waals surface area contributed by atoms with Crippen molar-refractivity contribution in [1.29, 1.82) is 0 Å². The van der Waals surface area contributed by atoms with Crippen LogP contribution in [0.25, 0.3) is 10.8 Å². The first-order chi connectivity index (χ1) is 15.4. The summed E-state index contributed by atoms with van der Waals surface area (Å²) in [6, 6.07) is 20.8. The van der Waals surface area contributed by atoms with Crippen molar-refractivity contribution in [3.05, 3.63) is 76.8 Å². The van der Waals surface area contributed by atoms with Crippen LogP contribution in [0.5, 0.6) is 5.75 Å². The zero-order chi connectivity index (χ0) is 23.1. The molecule has 0 spiro atoms. The van der Waals surface area contributed by atoms with E-state index in [1.54, 1.807) is 11.8 Å². The molecule has 168 valence electrons. The molecule has 2 amide bonds. The summed E-state index contributed by atoms with van der Waals surface area (Å²) >= 11 is 3.60. The van der Waals surface area contributed by atoms with E-state index in [0.29, 0.717) is 12.3 Å². The molecule has 32 heavy (non-hydrogen) atoms. The van der Waals surface area contributed by atoms with Gasteiger partial charge in [0.25, 0.3) is 5.91 Å². The predicted molar refractivity (Wildman–Crippen MR) is 131 cm³/mol. The van der Waals surface area contributed by atoms with Gasteiger partial charge >= 0.3 is 0 Å². The molecule has 5 nitrogen and oxygen atoms in total. The Hall–Kier alpha value is -2.86. The van der Waals surface area contributed by atoms with Crippen LogP contribution < -0.4 is 10.1 Å². The summed E-state index contributed by atoms with van der Waals surface area (Å²) in [6.07, 6.45) is 0.824. The maximum Gasteiger partial charge on any atom is 0.261 e. The van der Waals surface area contributed by atoms with Gasteiger partial charge in [0, 0.05) is 12.6 Å². The van der Waals surface area contributed by atoms with Gasteiger partial charge in [0.1, 0.15) is 11.8 Å². The average molecular weight is 497 g/mol. The van der Waals surface area contributed by atoms with Gasteiger partial charge in [0.05, 0.1) is 4.47 Å². The van der Waals surface area contributed by atoms with Gasteiger partial charge in [-0.3, -0.25) is 9.59 Å². The van der Waals surface area contributed by atoms with Gasteiger partial charge in [0.2, 0.25) is 5.91 Å². The molecule has 3 aromatic carbocycles. The van der Waals surface area contributed by atoms with Crippen molar-refractivity contribution >= 4 is 38.5 Å². The van der Waals surface area contributed by atoms with Crippen molar-refractivity contribution in [1.82, 2.24) is 10.2 Å². The first kappa shape index (κ1) is 23.8. The van der Waals surface area contributed by atoms with Gasteiger partial charge in [-0.05, 0) is 58.6 Å². The van der Waals surface area contributed by atoms with E-state index in [4.69, 9.17) is 4.74 Å². The second-order valence-electron chi connectivity index (χ2n) is 7.89. The smallest absolute Gasteiger partial charge is 0.261 e. The molecule has 1 N–H and O–H groups in total. The quantitative estimate of drug-likeness (QED) is 0.436. The summed E-state index contributed by atoms with van der Waals surface area (Å²) in [4.78, 5) is 27.5. The Labute approximate surface area is 197 Å². The maximum absolute atomic E-state index is 13.2. The molecular formula is C26H29BrN2O3. The van der Waals surface area contributed by atoms with E-state index in [-0.39, 0.29) is 24.5 Å². The molecule has 0 bridgehead atoms. The lowest BCUT2D eigenvalue weighted by molar-refractivity contribution is -0.142. The number of rotatable bonds is 9. The predicted octanol–water partition coefficient (Wildman–Crippen LogP) is 5.31. The van der Waals surface area contributed by atoms with Crippen molar-refractivity contribution in [3.8, 4) is 5.75 Å². The summed E-state index contributed by atoms with van der Waals surface area (Å²) in [7, 11) is 0. The maximum atomic E-state index is 13.2. The number of amides is 2. The third-order valence-corrected chi connectivity index (χ3v) is 6.36. The lowest BCUT2D eigenvalue weighted by Crippen LogP contribution is -2.50. The van der Waals surface area contributed by atoms with E-state index >= 15 is 0 Å². The standard InChI is InChI=1S/C26H29BrN2O3/c1-4-18(2)28-26(31)19(3)29(16-20-10-6-5-7-11-20)24(30)17-32-23-15-14-21-12-8-9-13-22(21)25(23)27/h5-15,18-19H,4,16-17H2,1-3H3,(H,28,31)/t18-,19-/m0/s1. The van der Waals surface area contributed by atoms with Gasteiger partial charge < -0.3 is 15.0 Å². The molecule has 6 heteroatoms. The zero-order valence-corrected chi connectivity index (χ0v) is 20.3. The molecule has 0 aliphatic rings. The first-order valence-corrected chi connectivity index (χ1v) is 11.6. The number of carbonyl (C=O) groups excluding carboxylic acids is 2. The molecule has 0 saturated heterocycles. The fourth-order valence-corrected chi connectivity index (χ4v) is 3.98. The molecule has 0 radical (unpaired) electrons. The van der Waals surface area contributed by atoms with Crippen LogP contribution in [0.4, 0.5) is 0 Å². The van der Waals surface area contributed by atoms with E-state index in [1.165, 1.54) is 0 Å². The number of halogens is 1. The van der Waals surface area contributed by atoms with Crippen LogP contribution in [0.1, 0.15) is 32.8 Å². The van der Waals surface area contributed by atoms with Gasteiger partial charge in [-0.2, -0.15) is 0 Å². The Kier molecular flexibility index (Phi) is 8.28. The highest BCUT2D eigenvalue weighted by Gasteiger charge is 2.27. The third-order valence-electron chi connectivity index (χ3n) is 5.54. The Morgan fingerprint density at radius 2 is 1.69 bits per heavy atom. The monoisotopic (exact) mass is 496 g/mol. The van der Waals surface area contributed by atoms with E-state index in [2.05, 4.69) is 21.2 Å². The molecule has 3 aromatic rings. The Morgan fingerprint density at radius 3 is 2.41 bits per heavy atom. The molecule has 0 unspecified atom stereocenters. The number of hydrogen-bond donors (Lipinski definition) is 1. The van der Waals surface area contributed by atoms with E-state index in [9.17, 15) is 9.59 Å². The molecule has 2 atom stereocenters. The summed E-state index contributed by atoms with van der Waals surface area (Å²) in [5, 5.41) is 5.07. The highest BCUT2D eigenvalue weighted by molar-refractivity contribution is 9.10. The molecule has 0 fully saturated rings. The van der Waals surface area contributed by atoms with Crippen LogP contribution in [-0.2, 0) is 16.1 Å². The molecule has 3 rings (SSSR count). The van der Waals surface area contributed by atoms with Crippen LogP contribution >= 0.6 is 15.9 Å². The van der Waals surface area contributed by atoms with Crippen LogP contribution in [0, 0.1) is 0 Å². The van der Waals surface area contributed by atoms with Crippen molar-refractivity contribution in [3.63, 3.8) is 0 Å². The minimum absolute atomic E-state index is 0.0448. The summed E-state index contributed by atoms with van der Waals surface area (Å²) in [5.74, 6) is 0.171. The van der Waals surface area contributed by atoms with Crippen molar-refractivity contribution < 1.29 is 14.3 Å². The van der Waals surface area contributed by atoms with Gasteiger partial charge in [-0.1, -0.05) is 67.6 Å². The summed E-state index contributed by atoms with van der Waals surface area (Å²) in [6.45, 7) is 5.89. The number of ether oxygens (including phenoxy) is 1. The van der Waals surface area contributed by atoms with E-state index in [1.807, 2.05) is 80.6 Å². The number of hydrogen-bond acceptors (Lipinski definition) is 3. The second-order valence-corrected chi connectivity index (χ2v) is 8.68. The number of benzene rings is 3. The lowest BCUT2D eigenvalue weighted by Gasteiger charge is -2.29. The van der Waals surface area contributed by atoms with Gasteiger partial charge in [-0.15, -0.1) is 0 Å². The third kappa shape index (κ3) is 5.88. The normalized spacial score (nSPS) is 12.8.